The summed E-state index contributed by atoms with van der Waals surface area (Å²) in [6.07, 6.45) is 9.61. The molecule has 12 heteroatoms. The van der Waals surface area contributed by atoms with Gasteiger partial charge in [0.25, 0.3) is 0 Å². The Morgan fingerprint density at radius 2 is 1.77 bits per heavy atom. The van der Waals surface area contributed by atoms with Gasteiger partial charge in [-0.25, -0.2) is 9.59 Å². The van der Waals surface area contributed by atoms with E-state index >= 15 is 0 Å². The SMILES string of the molecule is COc1cccc([C@@H](NC(=O)CCCOc2ccc3c(c2)C2(CCC(Nc4cccc(Cl)c4)(C(=O)O)CC2)[C@@H](C[C@@H](C)COc2ccnc4c2[C@H](C)CCC4)C3)C(=O)O)c1. The molecule has 1 fully saturated rings. The van der Waals surface area contributed by atoms with E-state index < -0.39 is 29.4 Å². The lowest BCUT2D eigenvalue weighted by Gasteiger charge is -2.47. The number of hydrogen-bond donors (Lipinski definition) is 4. The van der Waals surface area contributed by atoms with Crippen LogP contribution in [0.2, 0.25) is 5.02 Å². The molecule has 0 saturated heterocycles. The van der Waals surface area contributed by atoms with Gasteiger partial charge in [-0.05, 0) is 153 Å². The molecule has 60 heavy (non-hydrogen) atoms. The normalized spacial score (nSPS) is 22.8. The molecule has 1 spiro atoms. The molecule has 3 aliphatic rings. The van der Waals surface area contributed by atoms with Crippen molar-refractivity contribution in [1.29, 1.82) is 0 Å². The predicted molar refractivity (Wildman–Crippen MR) is 230 cm³/mol. The van der Waals surface area contributed by atoms with Crippen molar-refractivity contribution < 1.29 is 38.8 Å². The van der Waals surface area contributed by atoms with Crippen molar-refractivity contribution in [2.24, 2.45) is 11.8 Å². The molecule has 1 amide bonds. The number of hydrogen-bond acceptors (Lipinski definition) is 8. The number of benzene rings is 3. The third-order valence-corrected chi connectivity index (χ3v) is 13.3. The van der Waals surface area contributed by atoms with Gasteiger partial charge in [0.15, 0.2) is 6.04 Å². The zero-order chi connectivity index (χ0) is 42.4. The minimum atomic E-state index is -1.20. The lowest BCUT2D eigenvalue weighted by Crippen LogP contribution is -2.53. The van der Waals surface area contributed by atoms with Gasteiger partial charge in [-0.1, -0.05) is 49.7 Å². The Morgan fingerprint density at radius 3 is 2.52 bits per heavy atom. The minimum Gasteiger partial charge on any atom is -0.497 e. The summed E-state index contributed by atoms with van der Waals surface area (Å²) in [4.78, 5) is 42.6. The van der Waals surface area contributed by atoms with Crippen LogP contribution in [0.5, 0.6) is 17.2 Å². The number of carboxylic acids is 2. The lowest BCUT2D eigenvalue weighted by molar-refractivity contribution is -0.144. The second kappa shape index (κ2) is 18.5. The van der Waals surface area contributed by atoms with Crippen LogP contribution in [-0.2, 0) is 32.6 Å². The number of halogens is 1. The summed E-state index contributed by atoms with van der Waals surface area (Å²) < 4.78 is 18.1. The molecule has 0 radical (unpaired) electrons. The Labute approximate surface area is 357 Å². The van der Waals surface area contributed by atoms with E-state index in [-0.39, 0.29) is 30.3 Å². The highest BCUT2D eigenvalue weighted by atomic mass is 35.5. The van der Waals surface area contributed by atoms with Crippen molar-refractivity contribution in [3.63, 3.8) is 0 Å². The number of aryl methyl sites for hydroxylation is 1. The zero-order valence-corrected chi connectivity index (χ0v) is 35.4. The zero-order valence-electron chi connectivity index (χ0n) is 34.7. The number of ether oxygens (including phenoxy) is 3. The topological polar surface area (TPSA) is 156 Å². The molecule has 1 saturated carbocycles. The summed E-state index contributed by atoms with van der Waals surface area (Å²) in [6.45, 7) is 5.35. The van der Waals surface area contributed by atoms with Gasteiger partial charge in [0.1, 0.15) is 22.8 Å². The average molecular weight is 838 g/mol. The number of carbonyl (C=O) groups is 3. The molecule has 0 bridgehead atoms. The molecule has 1 aromatic heterocycles. The molecule has 11 nitrogen and oxygen atoms in total. The molecule has 3 aliphatic carbocycles. The van der Waals surface area contributed by atoms with E-state index in [0.29, 0.717) is 72.4 Å². The third kappa shape index (κ3) is 9.36. The van der Waals surface area contributed by atoms with Crippen LogP contribution in [-0.4, -0.2) is 58.9 Å². The van der Waals surface area contributed by atoms with Gasteiger partial charge < -0.3 is 35.1 Å². The molecule has 318 valence electrons. The Balaban J connectivity index is 1.05. The minimum absolute atomic E-state index is 0.0861. The molecular formula is C48H56ClN3O8. The monoisotopic (exact) mass is 837 g/mol. The smallest absolute Gasteiger partial charge is 0.330 e. The predicted octanol–water partition coefficient (Wildman–Crippen LogP) is 9.31. The van der Waals surface area contributed by atoms with Gasteiger partial charge >= 0.3 is 11.9 Å². The second-order valence-corrected chi connectivity index (χ2v) is 17.5. The van der Waals surface area contributed by atoms with Crippen LogP contribution in [0.1, 0.15) is 112 Å². The molecule has 4 atom stereocenters. The highest BCUT2D eigenvalue weighted by Crippen LogP contribution is 2.57. The number of carbonyl (C=O) groups excluding carboxylic acids is 1. The number of anilines is 1. The summed E-state index contributed by atoms with van der Waals surface area (Å²) >= 11 is 6.30. The summed E-state index contributed by atoms with van der Waals surface area (Å²) in [5.74, 6) is 0.632. The van der Waals surface area contributed by atoms with Crippen molar-refractivity contribution in [1.82, 2.24) is 10.3 Å². The van der Waals surface area contributed by atoms with Crippen molar-refractivity contribution in [3.05, 3.63) is 112 Å². The van der Waals surface area contributed by atoms with E-state index in [1.165, 1.54) is 23.8 Å². The van der Waals surface area contributed by atoms with E-state index in [1.807, 2.05) is 30.5 Å². The number of aromatic nitrogens is 1. The number of nitrogens with one attached hydrogen (secondary N) is 2. The summed E-state index contributed by atoms with van der Waals surface area (Å²) in [5, 5.41) is 27.1. The van der Waals surface area contributed by atoms with Crippen molar-refractivity contribution in [2.75, 3.05) is 25.6 Å². The molecular weight excluding hydrogens is 782 g/mol. The molecule has 0 unspecified atom stereocenters. The van der Waals surface area contributed by atoms with Crippen LogP contribution in [0.25, 0.3) is 0 Å². The highest BCUT2D eigenvalue weighted by Gasteiger charge is 2.54. The number of pyridine rings is 1. The van der Waals surface area contributed by atoms with Gasteiger partial charge in [0.05, 0.1) is 20.3 Å². The summed E-state index contributed by atoms with van der Waals surface area (Å²) in [7, 11) is 1.50. The number of methoxy groups -OCH3 is 1. The van der Waals surface area contributed by atoms with Crippen LogP contribution >= 0.6 is 11.6 Å². The fourth-order valence-electron chi connectivity index (χ4n) is 9.93. The summed E-state index contributed by atoms with van der Waals surface area (Å²) in [5.41, 5.74) is 4.55. The van der Waals surface area contributed by atoms with Crippen LogP contribution in [0.15, 0.2) is 79.0 Å². The van der Waals surface area contributed by atoms with Crippen LogP contribution in [0, 0.1) is 11.8 Å². The Hall–Kier alpha value is -5.29. The first-order chi connectivity index (χ1) is 28.9. The van der Waals surface area contributed by atoms with Gasteiger partial charge in [-0.3, -0.25) is 9.78 Å². The number of amides is 1. The molecule has 1 heterocycles. The first kappa shape index (κ1) is 42.8. The quantitative estimate of drug-likeness (QED) is 0.0756. The van der Waals surface area contributed by atoms with E-state index in [4.69, 9.17) is 25.8 Å². The fourth-order valence-corrected chi connectivity index (χ4v) is 10.1. The van der Waals surface area contributed by atoms with Crippen LogP contribution in [0.4, 0.5) is 5.69 Å². The summed E-state index contributed by atoms with van der Waals surface area (Å²) in [6, 6.07) is 20.9. The van der Waals surface area contributed by atoms with Gasteiger partial charge in [0, 0.05) is 34.6 Å². The van der Waals surface area contributed by atoms with Gasteiger partial charge in [0.2, 0.25) is 5.91 Å². The van der Waals surface area contributed by atoms with Crippen LogP contribution < -0.4 is 24.8 Å². The van der Waals surface area contributed by atoms with Gasteiger partial charge in [-0.2, -0.15) is 0 Å². The van der Waals surface area contributed by atoms with Crippen LogP contribution in [0.3, 0.4) is 0 Å². The average Bonchev–Trinajstić information content (AvgIpc) is 3.52. The Kier molecular flexibility index (Phi) is 13.2. The molecule has 0 aliphatic heterocycles. The molecule has 4 aromatic rings. The number of rotatable bonds is 17. The standard InChI is InChI=1S/C48H56ClN3O8/c1-30(29-60-41-17-22-50-40-13-4-8-31(2)43(40)41)24-34-25-32-15-16-38(59-23-7-14-42(53)51-44(45(54)55)33-9-5-12-37(26-33)58-3)28-39(32)47(34)18-20-48(21-19-47,46(56)57)52-36-11-6-10-35(49)27-36/h5-6,9-12,15-17,22,26-28,30-31,34,44,52H,4,7-8,13-14,18-21,23-25,29H2,1-3H3,(H,51,53)(H,54,55)(H,56,57)/t30-,31-,34+,44-,47?,48?/m1/s1. The fraction of sp³-hybridized carbons (Fsp3) is 0.458. The van der Waals surface area contributed by atoms with Crippen molar-refractivity contribution >= 4 is 35.1 Å². The lowest BCUT2D eigenvalue weighted by atomic mass is 9.59. The highest BCUT2D eigenvalue weighted by molar-refractivity contribution is 6.30. The van der Waals surface area contributed by atoms with Gasteiger partial charge in [-0.15, -0.1) is 0 Å². The number of aliphatic carboxylic acids is 2. The maximum absolute atomic E-state index is 13.1. The second-order valence-electron chi connectivity index (χ2n) is 17.1. The largest absolute Gasteiger partial charge is 0.497 e. The molecule has 7 rings (SSSR count). The molecule has 4 N–H and O–H groups in total. The van der Waals surface area contributed by atoms with Crippen molar-refractivity contribution in [2.45, 2.75) is 107 Å². The first-order valence-corrected chi connectivity index (χ1v) is 21.6. The molecule has 3 aromatic carbocycles. The first-order valence-electron chi connectivity index (χ1n) is 21.2. The maximum atomic E-state index is 13.1. The van der Waals surface area contributed by atoms with Crippen molar-refractivity contribution in [3.8, 4) is 17.2 Å². The maximum Gasteiger partial charge on any atom is 0.330 e. The number of nitrogens with zero attached hydrogens (tertiary/aromatic N) is 1. The number of fused-ring (bicyclic) bond motifs is 3. The van der Waals surface area contributed by atoms with E-state index in [9.17, 15) is 24.6 Å². The van der Waals surface area contributed by atoms with E-state index in [2.05, 4.69) is 41.6 Å². The Bertz CT molecular complexity index is 2190. The van der Waals surface area contributed by atoms with E-state index in [0.717, 1.165) is 43.5 Å². The van der Waals surface area contributed by atoms with E-state index in [1.54, 1.807) is 36.4 Å². The third-order valence-electron chi connectivity index (χ3n) is 13.1. The number of carboxylic acid groups (broad SMARTS) is 2. The Morgan fingerprint density at radius 1 is 0.967 bits per heavy atom.